The molecule has 0 bridgehead atoms. The lowest BCUT2D eigenvalue weighted by atomic mass is 10.1. The molecule has 0 radical (unpaired) electrons. The van der Waals surface area contributed by atoms with Crippen molar-refractivity contribution in [3.05, 3.63) is 35.5 Å². The molecule has 0 fully saturated rings. The Kier molecular flexibility index (Phi) is 2.29. The fourth-order valence-electron chi connectivity index (χ4n) is 1.71. The van der Waals surface area contributed by atoms with E-state index >= 15 is 0 Å². The molecular weight excluding hydrogens is 238 g/mol. The highest BCUT2D eigenvalue weighted by Gasteiger charge is 2.27. The average Bonchev–Trinajstić information content (AvgIpc) is 2.75. The first kappa shape index (κ1) is 10.2. The maximum Gasteiger partial charge on any atom is 0.189 e. The molecule has 0 N–H and O–H groups in total. The number of anilines is 1. The number of carbonyl (C=O) groups is 1. The largest absolute Gasteiger partial charge is 0.377 e. The van der Waals surface area contributed by atoms with Gasteiger partial charge in [0.05, 0.1) is 11.3 Å². The number of benzene rings is 1. The minimum atomic E-state index is 0.0413. The van der Waals surface area contributed by atoms with Crippen molar-refractivity contribution in [2.75, 3.05) is 11.6 Å². The fourth-order valence-corrected chi connectivity index (χ4v) is 2.32. The van der Waals surface area contributed by atoms with Gasteiger partial charge in [-0.25, -0.2) is 0 Å². The van der Waals surface area contributed by atoms with E-state index < -0.39 is 0 Å². The molecule has 5 nitrogen and oxygen atoms in total. The van der Waals surface area contributed by atoms with Crippen molar-refractivity contribution in [3.63, 3.8) is 0 Å². The lowest BCUT2D eigenvalue weighted by Crippen LogP contribution is -2.37. The maximum absolute atomic E-state index is 11.9. The highest BCUT2D eigenvalue weighted by molar-refractivity contribution is 7.10. The van der Waals surface area contributed by atoms with Crippen molar-refractivity contribution in [3.8, 4) is 5.75 Å². The van der Waals surface area contributed by atoms with Gasteiger partial charge in [0.15, 0.2) is 16.5 Å². The van der Waals surface area contributed by atoms with Crippen LogP contribution in [-0.4, -0.2) is 21.9 Å². The summed E-state index contributed by atoms with van der Waals surface area (Å²) in [4.78, 5) is 17.6. The number of ketones is 1. The Hall–Kier alpha value is -1.95. The molecular formula is C11H9N3O2S. The predicted molar refractivity (Wildman–Crippen MR) is 63.4 cm³/mol. The monoisotopic (exact) mass is 247 g/mol. The summed E-state index contributed by atoms with van der Waals surface area (Å²) in [6, 6.07) is 7.22. The van der Waals surface area contributed by atoms with Gasteiger partial charge >= 0.3 is 0 Å². The molecule has 0 spiro atoms. The van der Waals surface area contributed by atoms with Crippen LogP contribution in [0, 0.1) is 6.92 Å². The summed E-state index contributed by atoms with van der Waals surface area (Å²) >= 11 is 1.22. The van der Waals surface area contributed by atoms with Crippen LogP contribution in [0.1, 0.15) is 16.1 Å². The molecule has 2 aromatic rings. The van der Waals surface area contributed by atoms with Gasteiger partial charge in [-0.15, -0.1) is 5.10 Å². The number of nitrogens with zero attached hydrogens (tertiary/aromatic N) is 3. The van der Waals surface area contributed by atoms with Gasteiger partial charge in [-0.3, -0.25) is 4.79 Å². The third-order valence-corrected chi connectivity index (χ3v) is 3.37. The maximum atomic E-state index is 11.9. The summed E-state index contributed by atoms with van der Waals surface area (Å²) in [5.74, 6) is 0.621. The molecule has 1 aromatic heterocycles. The summed E-state index contributed by atoms with van der Waals surface area (Å²) in [5.41, 5.74) is 1.39. The van der Waals surface area contributed by atoms with E-state index in [4.69, 9.17) is 4.84 Å². The molecule has 2 heterocycles. The number of Topliss-reactive ketones (excluding diaryl/α,β-unsaturated/α-hetero) is 1. The first-order valence-electron chi connectivity index (χ1n) is 5.12. The van der Waals surface area contributed by atoms with Crippen LogP contribution in [0.5, 0.6) is 5.75 Å². The minimum Gasteiger partial charge on any atom is -0.377 e. The molecule has 1 aliphatic heterocycles. The van der Waals surface area contributed by atoms with E-state index in [2.05, 4.69) is 9.59 Å². The number of aryl methyl sites for hydroxylation is 1. The van der Waals surface area contributed by atoms with Crippen LogP contribution in [-0.2, 0) is 0 Å². The topological polar surface area (TPSA) is 55.3 Å². The molecule has 1 aromatic carbocycles. The molecule has 0 aliphatic carbocycles. The molecule has 0 saturated carbocycles. The standard InChI is InChI=1S/C11H9N3O2S/c1-7-11(17-13-12-7)14-6-9(15)8-4-2-3-5-10(8)16-14/h2-5H,6H2,1H3. The van der Waals surface area contributed by atoms with Gasteiger partial charge in [-0.1, -0.05) is 16.6 Å². The minimum absolute atomic E-state index is 0.0413. The summed E-state index contributed by atoms with van der Waals surface area (Å²) in [6.45, 7) is 2.04. The normalized spacial score (nSPS) is 14.4. The van der Waals surface area contributed by atoms with Crippen molar-refractivity contribution in [1.29, 1.82) is 0 Å². The quantitative estimate of drug-likeness (QED) is 0.769. The lowest BCUT2D eigenvalue weighted by Gasteiger charge is -2.27. The van der Waals surface area contributed by atoms with E-state index in [0.717, 1.165) is 10.7 Å². The van der Waals surface area contributed by atoms with E-state index in [-0.39, 0.29) is 12.3 Å². The lowest BCUT2D eigenvalue weighted by molar-refractivity contribution is 0.0943. The summed E-state index contributed by atoms with van der Waals surface area (Å²) in [7, 11) is 0. The molecule has 1 aliphatic rings. The summed E-state index contributed by atoms with van der Waals surface area (Å²) < 4.78 is 3.84. The van der Waals surface area contributed by atoms with Crippen molar-refractivity contribution >= 4 is 22.3 Å². The number of para-hydroxylation sites is 1. The van der Waals surface area contributed by atoms with E-state index in [9.17, 15) is 4.79 Å². The average molecular weight is 247 g/mol. The van der Waals surface area contributed by atoms with Crippen molar-refractivity contribution < 1.29 is 9.63 Å². The molecule has 0 unspecified atom stereocenters. The molecule has 3 rings (SSSR count). The van der Waals surface area contributed by atoms with E-state index in [1.165, 1.54) is 11.5 Å². The zero-order valence-corrected chi connectivity index (χ0v) is 9.90. The van der Waals surface area contributed by atoms with Crippen LogP contribution < -0.4 is 9.90 Å². The van der Waals surface area contributed by atoms with Crippen LogP contribution in [0.3, 0.4) is 0 Å². The third-order valence-electron chi connectivity index (χ3n) is 2.54. The van der Waals surface area contributed by atoms with Crippen LogP contribution in [0.4, 0.5) is 5.00 Å². The molecule has 0 saturated heterocycles. The van der Waals surface area contributed by atoms with Gasteiger partial charge in [-0.2, -0.15) is 5.06 Å². The van der Waals surface area contributed by atoms with E-state index in [1.807, 2.05) is 19.1 Å². The second-order valence-corrected chi connectivity index (χ2v) is 4.44. The zero-order chi connectivity index (χ0) is 11.8. The number of carbonyl (C=O) groups excluding carboxylic acids is 1. The number of hydrogen-bond donors (Lipinski definition) is 0. The summed E-state index contributed by atoms with van der Waals surface area (Å²) in [5, 5.41) is 6.23. The third kappa shape index (κ3) is 1.66. The van der Waals surface area contributed by atoms with E-state index in [0.29, 0.717) is 11.3 Å². The number of aromatic nitrogens is 2. The highest BCUT2D eigenvalue weighted by atomic mass is 32.1. The van der Waals surface area contributed by atoms with Gasteiger partial charge in [0.2, 0.25) is 0 Å². The molecule has 17 heavy (non-hydrogen) atoms. The Labute approximate surface area is 102 Å². The first-order chi connectivity index (χ1) is 8.25. The van der Waals surface area contributed by atoms with Gasteiger partial charge in [-0.05, 0) is 19.1 Å². The Morgan fingerprint density at radius 3 is 3.00 bits per heavy atom. The Morgan fingerprint density at radius 2 is 2.24 bits per heavy atom. The second kappa shape index (κ2) is 3.81. The second-order valence-electron chi connectivity index (χ2n) is 3.71. The van der Waals surface area contributed by atoms with Crippen LogP contribution in [0.25, 0.3) is 0 Å². The highest BCUT2D eigenvalue weighted by Crippen LogP contribution is 2.30. The summed E-state index contributed by atoms with van der Waals surface area (Å²) in [6.07, 6.45) is 0. The van der Waals surface area contributed by atoms with Gasteiger partial charge in [0.1, 0.15) is 6.54 Å². The SMILES string of the molecule is Cc1nnsc1N1CC(=O)c2ccccc2O1. The first-order valence-corrected chi connectivity index (χ1v) is 5.90. The van der Waals surface area contributed by atoms with Crippen molar-refractivity contribution in [2.45, 2.75) is 6.92 Å². The smallest absolute Gasteiger partial charge is 0.189 e. The van der Waals surface area contributed by atoms with Gasteiger partial charge < -0.3 is 4.84 Å². The number of fused-ring (bicyclic) bond motifs is 1. The fraction of sp³-hybridized carbons (Fsp3) is 0.182. The number of rotatable bonds is 1. The molecule has 86 valence electrons. The Morgan fingerprint density at radius 1 is 1.41 bits per heavy atom. The number of hydrogen-bond acceptors (Lipinski definition) is 6. The van der Waals surface area contributed by atoms with Crippen LogP contribution in [0.2, 0.25) is 0 Å². The van der Waals surface area contributed by atoms with Crippen LogP contribution in [0.15, 0.2) is 24.3 Å². The Bertz CT molecular complexity index is 582. The van der Waals surface area contributed by atoms with Crippen molar-refractivity contribution in [2.24, 2.45) is 0 Å². The molecule has 0 atom stereocenters. The predicted octanol–water partition coefficient (Wildman–Crippen LogP) is 1.84. The van der Waals surface area contributed by atoms with Gasteiger partial charge in [0, 0.05) is 11.5 Å². The number of hydroxylamine groups is 1. The van der Waals surface area contributed by atoms with Gasteiger partial charge in [0.25, 0.3) is 0 Å². The molecule has 0 amide bonds. The van der Waals surface area contributed by atoms with Crippen molar-refractivity contribution in [1.82, 2.24) is 9.59 Å². The van der Waals surface area contributed by atoms with Crippen LogP contribution >= 0.6 is 11.5 Å². The zero-order valence-electron chi connectivity index (χ0n) is 9.08. The molecule has 6 heteroatoms. The Balaban J connectivity index is 1.99. The van der Waals surface area contributed by atoms with E-state index in [1.54, 1.807) is 17.2 Å².